The first-order chi connectivity index (χ1) is 30.8. The number of fused-ring (bicyclic) bond motifs is 1. The molecule has 0 atom stereocenters. The predicted octanol–water partition coefficient (Wildman–Crippen LogP) is 4.46. The van der Waals surface area contributed by atoms with Crippen LogP contribution in [0.5, 0.6) is 5.75 Å². The number of rotatable bonds is 33. The lowest BCUT2D eigenvalue weighted by Crippen LogP contribution is -2.34. The minimum absolute atomic E-state index is 0.0353. The first-order valence-electron chi connectivity index (χ1n) is 22.0. The van der Waals surface area contributed by atoms with Gasteiger partial charge in [0.1, 0.15) is 18.9 Å². The number of aryl methyl sites for hydroxylation is 1. The number of benzene rings is 1. The summed E-state index contributed by atoms with van der Waals surface area (Å²) in [5, 5.41) is 2.93. The maximum absolute atomic E-state index is 15.3. The highest BCUT2D eigenvalue weighted by Gasteiger charge is 2.27. The SMILES string of the molecule is C=[N+](Cc1ccnc(C)c1)Cc1cn(C2CC2)c2cc(OCCN(C)C(=O)CCOCCOCCOCCOCCOCCOCCOCCNC(=O)OC(C)(C)C)c(F)cc2c1=O. The number of likely N-dealkylation sites (N-methyl/N-ethyl adjacent to an activating group) is 1. The number of alkyl carbamates (subject to hydrolysis) is 1. The Balaban J connectivity index is 0.962. The van der Waals surface area contributed by atoms with Crippen LogP contribution in [0.25, 0.3) is 10.9 Å². The fourth-order valence-electron chi connectivity index (χ4n) is 6.27. The van der Waals surface area contributed by atoms with E-state index in [2.05, 4.69) is 21.6 Å². The van der Waals surface area contributed by atoms with Crippen molar-refractivity contribution in [1.29, 1.82) is 0 Å². The molecule has 2 aromatic heterocycles. The third-order valence-electron chi connectivity index (χ3n) is 9.58. The second-order valence-electron chi connectivity index (χ2n) is 16.3. The summed E-state index contributed by atoms with van der Waals surface area (Å²) in [6, 6.07) is 6.99. The lowest BCUT2D eigenvalue weighted by atomic mass is 10.1. The minimum Gasteiger partial charge on any atom is -0.489 e. The molecule has 1 aliphatic rings. The Morgan fingerprint density at radius 3 is 1.95 bits per heavy atom. The van der Waals surface area contributed by atoms with Crippen LogP contribution in [-0.2, 0) is 55.8 Å². The molecule has 2 heterocycles. The zero-order valence-electron chi connectivity index (χ0n) is 38.4. The Morgan fingerprint density at radius 2 is 1.41 bits per heavy atom. The Labute approximate surface area is 376 Å². The van der Waals surface area contributed by atoms with Gasteiger partial charge in [0, 0.05) is 54.7 Å². The monoisotopic (exact) mass is 902 g/mol. The van der Waals surface area contributed by atoms with Gasteiger partial charge in [-0.2, -0.15) is 0 Å². The number of amides is 2. The van der Waals surface area contributed by atoms with Crippen LogP contribution in [0, 0.1) is 12.7 Å². The first kappa shape index (κ1) is 52.1. The van der Waals surface area contributed by atoms with Gasteiger partial charge in [0.15, 0.2) is 30.1 Å². The average Bonchev–Trinajstić information content (AvgIpc) is 4.09. The highest BCUT2D eigenvalue weighted by atomic mass is 19.1. The fourth-order valence-corrected chi connectivity index (χ4v) is 6.27. The van der Waals surface area contributed by atoms with E-state index in [0.29, 0.717) is 122 Å². The van der Waals surface area contributed by atoms with Crippen molar-refractivity contribution < 1.29 is 61.2 Å². The summed E-state index contributed by atoms with van der Waals surface area (Å²) in [7, 11) is 1.66. The standard InChI is InChI=1S/C46H68FN5O12/c1-35-29-36(9-11-48-35)32-50(5)33-37-34-52(38-7-8-38)41-31-42(40(47)30-39(41)44(37)54)63-16-13-51(6)43(53)10-14-56-17-19-58-21-23-60-25-27-62-28-26-61-24-22-59-20-18-57-15-12-49-45(55)64-46(2,3)4/h9,11,29-31,34,38H,5,7-8,10,12-28,32-33H2,1-4,6H3/p+1. The van der Waals surface area contributed by atoms with E-state index < -0.39 is 17.5 Å². The summed E-state index contributed by atoms with van der Waals surface area (Å²) in [5.74, 6) is -0.725. The number of pyridine rings is 2. The second kappa shape index (κ2) is 28.4. The molecular weight excluding hydrogens is 834 g/mol. The molecule has 0 saturated heterocycles. The molecule has 1 fully saturated rings. The van der Waals surface area contributed by atoms with Gasteiger partial charge in [-0.15, -0.1) is 0 Å². The summed E-state index contributed by atoms with van der Waals surface area (Å²) in [4.78, 5) is 43.5. The predicted molar refractivity (Wildman–Crippen MR) is 238 cm³/mol. The van der Waals surface area contributed by atoms with E-state index in [1.807, 2.05) is 50.6 Å². The minimum atomic E-state index is -0.631. The maximum Gasteiger partial charge on any atom is 0.407 e. The average molecular weight is 903 g/mol. The summed E-state index contributed by atoms with van der Waals surface area (Å²) in [6.07, 6.45) is 5.29. The Bertz CT molecular complexity index is 1950. The molecule has 2 amide bonds. The van der Waals surface area contributed by atoms with Crippen molar-refractivity contribution in [3.8, 4) is 5.75 Å². The van der Waals surface area contributed by atoms with Gasteiger partial charge in [-0.1, -0.05) is 0 Å². The van der Waals surface area contributed by atoms with Crippen LogP contribution < -0.4 is 15.5 Å². The third-order valence-corrected chi connectivity index (χ3v) is 9.58. The molecule has 1 aromatic carbocycles. The summed E-state index contributed by atoms with van der Waals surface area (Å²) < 4.78 is 68.6. The Hall–Kier alpha value is -4.56. The second-order valence-corrected chi connectivity index (χ2v) is 16.3. The van der Waals surface area contributed by atoms with Crippen LogP contribution in [-0.4, -0.2) is 163 Å². The van der Waals surface area contributed by atoms with Gasteiger partial charge in [-0.3, -0.25) is 14.6 Å². The van der Waals surface area contributed by atoms with Crippen molar-refractivity contribution in [2.24, 2.45) is 0 Å². The topological polar surface area (TPSA) is 170 Å². The van der Waals surface area contributed by atoms with E-state index in [1.54, 1.807) is 19.3 Å². The molecular formula is C46H69FN5O12+. The van der Waals surface area contributed by atoms with Crippen LogP contribution in [0.3, 0.4) is 0 Å². The zero-order chi connectivity index (χ0) is 46.2. The molecule has 0 aliphatic heterocycles. The third kappa shape index (κ3) is 20.5. The van der Waals surface area contributed by atoms with Crippen LogP contribution in [0.1, 0.15) is 62.9 Å². The molecule has 64 heavy (non-hydrogen) atoms. The van der Waals surface area contributed by atoms with E-state index in [9.17, 15) is 14.4 Å². The van der Waals surface area contributed by atoms with Crippen molar-refractivity contribution in [2.45, 2.75) is 71.7 Å². The van der Waals surface area contributed by atoms with Crippen molar-refractivity contribution in [3.63, 3.8) is 0 Å². The molecule has 0 bridgehead atoms. The highest BCUT2D eigenvalue weighted by molar-refractivity contribution is 5.81. The van der Waals surface area contributed by atoms with Crippen LogP contribution >= 0.6 is 0 Å². The van der Waals surface area contributed by atoms with Gasteiger partial charge in [0.05, 0.1) is 117 Å². The summed E-state index contributed by atoms with van der Waals surface area (Å²) in [6.45, 7) is 18.7. The van der Waals surface area contributed by atoms with E-state index in [4.69, 9.17) is 42.6 Å². The van der Waals surface area contributed by atoms with Crippen molar-refractivity contribution in [1.82, 2.24) is 19.8 Å². The summed E-state index contributed by atoms with van der Waals surface area (Å²) >= 11 is 0. The number of aromatic nitrogens is 2. The molecule has 1 N–H and O–H groups in total. The van der Waals surface area contributed by atoms with Crippen molar-refractivity contribution >= 4 is 29.6 Å². The molecule has 4 rings (SSSR count). The molecule has 18 heteroatoms. The largest absolute Gasteiger partial charge is 0.489 e. The molecule has 3 aromatic rings. The lowest BCUT2D eigenvalue weighted by Gasteiger charge is -2.19. The van der Waals surface area contributed by atoms with Gasteiger partial charge in [-0.25, -0.2) is 13.8 Å². The van der Waals surface area contributed by atoms with Gasteiger partial charge in [0.2, 0.25) is 5.91 Å². The number of hydrogen-bond donors (Lipinski definition) is 1. The lowest BCUT2D eigenvalue weighted by molar-refractivity contribution is -0.551. The first-order valence-corrected chi connectivity index (χ1v) is 22.0. The molecule has 0 radical (unpaired) electrons. The van der Waals surface area contributed by atoms with E-state index in [-0.39, 0.29) is 49.3 Å². The van der Waals surface area contributed by atoms with E-state index >= 15 is 4.39 Å². The molecule has 0 unspecified atom stereocenters. The molecule has 1 saturated carbocycles. The molecule has 17 nitrogen and oxygen atoms in total. The van der Waals surface area contributed by atoms with Gasteiger partial charge in [-0.05, 0) is 58.7 Å². The number of nitrogens with zero attached hydrogens (tertiary/aromatic N) is 4. The van der Waals surface area contributed by atoms with Gasteiger partial charge in [0.25, 0.3) is 0 Å². The van der Waals surface area contributed by atoms with Crippen LogP contribution in [0.2, 0.25) is 0 Å². The Morgan fingerprint density at radius 1 is 0.844 bits per heavy atom. The van der Waals surface area contributed by atoms with Gasteiger partial charge >= 0.3 is 6.09 Å². The molecule has 356 valence electrons. The number of nitrogens with one attached hydrogen (secondary N) is 1. The quantitative estimate of drug-likeness (QED) is 0.0517. The number of hydrogen-bond acceptors (Lipinski definition) is 13. The van der Waals surface area contributed by atoms with Crippen LogP contribution in [0.15, 0.2) is 41.5 Å². The zero-order valence-corrected chi connectivity index (χ0v) is 38.4. The van der Waals surface area contributed by atoms with E-state index in [1.165, 1.54) is 11.0 Å². The molecule has 0 spiro atoms. The normalized spacial score (nSPS) is 12.7. The smallest absolute Gasteiger partial charge is 0.407 e. The van der Waals surface area contributed by atoms with Gasteiger partial charge < -0.3 is 57.4 Å². The maximum atomic E-state index is 15.3. The fraction of sp³-hybridized carbons (Fsp3) is 0.630. The van der Waals surface area contributed by atoms with Crippen molar-refractivity contribution in [3.05, 3.63) is 69.5 Å². The number of carbonyl (C=O) groups excluding carboxylic acids is 2. The van der Waals surface area contributed by atoms with Crippen LogP contribution in [0.4, 0.5) is 9.18 Å². The van der Waals surface area contributed by atoms with E-state index in [0.717, 1.165) is 24.1 Å². The number of carbonyl (C=O) groups is 2. The highest BCUT2D eigenvalue weighted by Crippen LogP contribution is 2.38. The molecule has 1 aliphatic carbocycles. The van der Waals surface area contributed by atoms with Crippen molar-refractivity contribution in [2.75, 3.05) is 119 Å². The number of ether oxygens (including phenoxy) is 9. The number of halogens is 1. The Kier molecular flexibility index (Phi) is 23.1. The summed E-state index contributed by atoms with van der Waals surface area (Å²) in [5.41, 5.74) is 2.37.